The van der Waals surface area contributed by atoms with Crippen LogP contribution in [0.4, 0.5) is 0 Å². The van der Waals surface area contributed by atoms with Crippen molar-refractivity contribution in [3.05, 3.63) is 30.3 Å². The summed E-state index contributed by atoms with van der Waals surface area (Å²) in [7, 11) is -2.40. The number of unbranched alkanes of at least 4 members (excludes halogenated alkanes) is 9. The van der Waals surface area contributed by atoms with Crippen molar-refractivity contribution in [1.82, 2.24) is 0 Å². The van der Waals surface area contributed by atoms with E-state index < -0.39 is 10.7 Å². The molecule has 7 radical (unpaired) electrons. The van der Waals surface area contributed by atoms with Crippen LogP contribution in [0, 0.1) is 0 Å². The molecule has 4 heteroatoms. The van der Waals surface area contributed by atoms with Gasteiger partial charge in [-0.2, -0.15) is 0 Å². The van der Waals surface area contributed by atoms with Crippen molar-refractivity contribution in [2.75, 3.05) is 0 Å². The maximum atomic E-state index is 10.2. The Morgan fingerprint density at radius 2 is 1.23 bits per heavy atom. The van der Waals surface area contributed by atoms with Gasteiger partial charge in [0.15, 0.2) is 10.7 Å². The fourth-order valence-electron chi connectivity index (χ4n) is 2.21. The second-order valence-electron chi connectivity index (χ2n) is 5.63. The summed E-state index contributed by atoms with van der Waals surface area (Å²) in [5.41, 5.74) is 0. The van der Waals surface area contributed by atoms with E-state index in [1.54, 1.807) is 30.3 Å². The van der Waals surface area contributed by atoms with Gasteiger partial charge >= 0.3 is 109 Å². The van der Waals surface area contributed by atoms with Gasteiger partial charge in [0.2, 0.25) is 0 Å². The third-order valence-corrected chi connectivity index (χ3v) is 5.07. The predicted molar refractivity (Wildman–Crippen MR) is 97.4 cm³/mol. The van der Waals surface area contributed by atoms with E-state index in [9.17, 15) is 8.42 Å². The third kappa shape index (κ3) is 15.3. The van der Waals surface area contributed by atoms with Crippen LogP contribution in [0.25, 0.3) is 0 Å². The van der Waals surface area contributed by atoms with Crippen molar-refractivity contribution >= 4 is 46.5 Å². The van der Waals surface area contributed by atoms with Crippen molar-refractivity contribution < 1.29 is 8.42 Å². The number of rotatable bonds is 11. The van der Waals surface area contributed by atoms with E-state index in [0.29, 0.717) is 4.90 Å². The van der Waals surface area contributed by atoms with Crippen molar-refractivity contribution in [2.45, 2.75) is 78.5 Å². The van der Waals surface area contributed by atoms with Gasteiger partial charge in [-0.1, -0.05) is 18.2 Å². The molecule has 1 aromatic carbocycles. The number of hydrogen-bond donors (Lipinski definition) is 1. The van der Waals surface area contributed by atoms with Gasteiger partial charge in [-0.05, 0) is 12.1 Å². The molecule has 0 bridgehead atoms. The summed E-state index contributed by atoms with van der Waals surface area (Å²) >= 11 is 1.50. The van der Waals surface area contributed by atoms with E-state index >= 15 is 0 Å². The normalized spacial score (nSPS) is 10.3. The summed E-state index contributed by atoms with van der Waals surface area (Å²) in [4.78, 5) is 0.368. The fourth-order valence-corrected chi connectivity index (χ4v) is 3.18. The van der Waals surface area contributed by atoms with Crippen LogP contribution in [0.1, 0.15) is 71.1 Å². The number of thiol groups is 1. The zero-order chi connectivity index (χ0) is 16.5. The molecule has 0 N–H and O–H groups in total. The van der Waals surface area contributed by atoms with Gasteiger partial charge in [-0.25, -0.2) is 8.42 Å². The average Bonchev–Trinajstić information content (AvgIpc) is 2.55. The third-order valence-electron chi connectivity index (χ3n) is 3.57. The minimum atomic E-state index is -2.40. The fraction of sp³-hybridized carbons (Fsp3) is 0.667. The first-order valence-corrected chi connectivity index (χ1v) is 11.4. The van der Waals surface area contributed by atoms with Gasteiger partial charge in [0.05, 0.1) is 4.90 Å². The molecule has 0 amide bonds. The summed E-state index contributed by atoms with van der Waals surface area (Å²) in [6, 6.07) is 8.29. The summed E-state index contributed by atoms with van der Waals surface area (Å²) in [5.74, 6) is 0. The molecule has 0 atom stereocenters. The van der Waals surface area contributed by atoms with E-state index in [1.165, 1.54) is 103 Å². The first kappa shape index (κ1) is 22.4. The molecule has 0 aromatic heterocycles. The van der Waals surface area contributed by atoms with Crippen molar-refractivity contribution in [2.24, 2.45) is 0 Å². The molecule has 1 aromatic rings. The van der Waals surface area contributed by atoms with Gasteiger partial charge in [-0.3, -0.25) is 0 Å². The molecule has 2 nitrogen and oxygen atoms in total. The SMILES string of the molecule is CCCCCCCCCCC[CH2][Ca+2].O=[SH](=O)c1ccccc1. The Kier molecular flexibility index (Phi) is 18.1. The molecule has 0 aliphatic rings. The van der Waals surface area contributed by atoms with Crippen LogP contribution in [0.3, 0.4) is 0 Å². The Hall–Kier alpha value is 0.430. The molecule has 0 aliphatic carbocycles. The van der Waals surface area contributed by atoms with Crippen molar-refractivity contribution in [3.8, 4) is 0 Å². The van der Waals surface area contributed by atoms with E-state index in [2.05, 4.69) is 6.92 Å². The van der Waals surface area contributed by atoms with Gasteiger partial charge in [0.1, 0.15) is 0 Å². The van der Waals surface area contributed by atoms with E-state index in [4.69, 9.17) is 0 Å². The number of hydrogen-bond acceptors (Lipinski definition) is 2. The molecule has 0 saturated heterocycles. The molecule has 0 heterocycles. The van der Waals surface area contributed by atoms with Crippen LogP contribution in [-0.2, 0) is 10.7 Å². The maximum Gasteiger partial charge on any atom is 0.168 e. The van der Waals surface area contributed by atoms with Crippen LogP contribution in [0.5, 0.6) is 0 Å². The first-order chi connectivity index (χ1) is 10.7. The Morgan fingerprint density at radius 1 is 0.773 bits per heavy atom. The summed E-state index contributed by atoms with van der Waals surface area (Å²) in [5, 5.41) is 0. The summed E-state index contributed by atoms with van der Waals surface area (Å²) in [6.07, 6.45) is 14.7. The molecule has 0 fully saturated rings. The molecule has 121 valence electrons. The minimum absolute atomic E-state index is 0.368. The quantitative estimate of drug-likeness (QED) is 0.340. The average molecular weight is 352 g/mol. The summed E-state index contributed by atoms with van der Waals surface area (Å²) < 4.78 is 22.0. The van der Waals surface area contributed by atoms with Gasteiger partial charge in [-0.15, -0.1) is 0 Å². The van der Waals surface area contributed by atoms with Gasteiger partial charge < -0.3 is 0 Å². The Balaban J connectivity index is 0.000000425. The second-order valence-corrected chi connectivity index (χ2v) is 7.76. The van der Waals surface area contributed by atoms with E-state index in [0.717, 1.165) is 0 Å². The van der Waals surface area contributed by atoms with Crippen LogP contribution in [0.2, 0.25) is 2.52 Å². The molecule has 1 rings (SSSR count). The Morgan fingerprint density at radius 3 is 1.59 bits per heavy atom. The monoisotopic (exact) mass is 351 g/mol. The topological polar surface area (TPSA) is 34.1 Å². The second kappa shape index (κ2) is 17.8. The smallest absolute Gasteiger partial charge is 0.168 e. The first-order valence-electron chi connectivity index (χ1n) is 8.71. The Bertz CT molecular complexity index is 387. The predicted octanol–water partition coefficient (Wildman–Crippen LogP) is 5.15. The van der Waals surface area contributed by atoms with Crippen molar-refractivity contribution in [3.63, 3.8) is 0 Å². The molecule has 0 spiro atoms. The molecule has 22 heavy (non-hydrogen) atoms. The van der Waals surface area contributed by atoms with Crippen molar-refractivity contribution in [1.29, 1.82) is 0 Å². The molecule has 0 saturated carbocycles. The zero-order valence-corrected chi connectivity index (χ0v) is 17.2. The van der Waals surface area contributed by atoms with Crippen LogP contribution in [0.15, 0.2) is 35.2 Å². The molecule has 0 aliphatic heterocycles. The van der Waals surface area contributed by atoms with Crippen LogP contribution in [-0.4, -0.2) is 44.2 Å². The van der Waals surface area contributed by atoms with E-state index in [1.807, 2.05) is 0 Å². The standard InChI is InChI=1S/C12H25.C6H6O2S.Ca/c1-3-5-7-9-11-12-10-8-6-4-2;7-9(8)6-4-2-1-3-5-6;/h1,3-12H2,2H3;1-5,9H;/q;;+2. The zero-order valence-electron chi connectivity index (χ0n) is 14.1. The maximum absolute atomic E-state index is 10.2. The van der Waals surface area contributed by atoms with Crippen LogP contribution >= 0.6 is 0 Å². The van der Waals surface area contributed by atoms with Gasteiger partial charge in [0, 0.05) is 0 Å². The van der Waals surface area contributed by atoms with Gasteiger partial charge in [0.25, 0.3) is 0 Å². The summed E-state index contributed by atoms with van der Waals surface area (Å²) in [6.45, 7) is 2.29. The molecule has 0 unspecified atom stereocenters. The molecular weight excluding hydrogens is 320 g/mol. The van der Waals surface area contributed by atoms with Crippen LogP contribution < -0.4 is 0 Å². The molecular formula is C18H31CaO2S+2. The Labute approximate surface area is 162 Å². The largest absolute Gasteiger partial charge is 0.227 e. The minimum Gasteiger partial charge on any atom is -0.227 e. The van der Waals surface area contributed by atoms with E-state index in [-0.39, 0.29) is 0 Å². The number of benzene rings is 1.